The Morgan fingerprint density at radius 1 is 1.50 bits per heavy atom. The second kappa shape index (κ2) is 3.90. The highest BCUT2D eigenvalue weighted by molar-refractivity contribution is 5.66. The van der Waals surface area contributed by atoms with Gasteiger partial charge in [-0.2, -0.15) is 0 Å². The zero-order valence-electron chi connectivity index (χ0n) is 7.75. The molecule has 0 bridgehead atoms. The van der Waals surface area contributed by atoms with Gasteiger partial charge in [-0.05, 0) is 19.3 Å². The fraction of sp³-hybridized carbons (Fsp3) is 0.889. The molecule has 70 valence electrons. The van der Waals surface area contributed by atoms with Gasteiger partial charge in [-0.25, -0.2) is 0 Å². The number of esters is 1. The highest BCUT2D eigenvalue weighted by Crippen LogP contribution is 2.25. The minimum absolute atomic E-state index is 0.0475. The topological polar surface area (TPSA) is 52.3 Å². The standard InChI is InChI=1S/C9H17NO2/c1-6-8(10)4-3-5-9(6)12-7(2)11/h6,8-9H,3-5,10H2,1-2H3. The molecule has 3 nitrogen and oxygen atoms in total. The van der Waals surface area contributed by atoms with E-state index in [1.54, 1.807) is 0 Å². The minimum atomic E-state index is -0.194. The Hall–Kier alpha value is -0.570. The maximum Gasteiger partial charge on any atom is 0.302 e. The zero-order chi connectivity index (χ0) is 9.14. The quantitative estimate of drug-likeness (QED) is 0.600. The lowest BCUT2D eigenvalue weighted by molar-refractivity contribution is -0.150. The van der Waals surface area contributed by atoms with Crippen molar-refractivity contribution in [2.75, 3.05) is 0 Å². The number of hydrogen-bond donors (Lipinski definition) is 1. The summed E-state index contributed by atoms with van der Waals surface area (Å²) in [5, 5.41) is 0. The van der Waals surface area contributed by atoms with E-state index >= 15 is 0 Å². The minimum Gasteiger partial charge on any atom is -0.462 e. The first-order chi connectivity index (χ1) is 5.61. The maximum absolute atomic E-state index is 10.7. The molecule has 12 heavy (non-hydrogen) atoms. The molecule has 3 unspecified atom stereocenters. The first kappa shape index (κ1) is 9.52. The molecule has 0 aromatic heterocycles. The van der Waals surface area contributed by atoms with Crippen molar-refractivity contribution in [3.8, 4) is 0 Å². The molecule has 0 aliphatic heterocycles. The summed E-state index contributed by atoms with van der Waals surface area (Å²) in [6, 6.07) is 0.197. The lowest BCUT2D eigenvalue weighted by Crippen LogP contribution is -2.41. The van der Waals surface area contributed by atoms with E-state index < -0.39 is 0 Å². The van der Waals surface area contributed by atoms with E-state index in [-0.39, 0.29) is 18.1 Å². The molecule has 0 saturated heterocycles. The lowest BCUT2D eigenvalue weighted by Gasteiger charge is -2.32. The number of rotatable bonds is 1. The molecule has 1 aliphatic carbocycles. The van der Waals surface area contributed by atoms with Crippen molar-refractivity contribution in [2.24, 2.45) is 11.7 Å². The molecule has 0 aromatic rings. The van der Waals surface area contributed by atoms with Gasteiger partial charge >= 0.3 is 5.97 Å². The molecule has 1 saturated carbocycles. The van der Waals surface area contributed by atoms with Crippen LogP contribution < -0.4 is 5.73 Å². The Labute approximate surface area is 73.3 Å². The number of carbonyl (C=O) groups is 1. The van der Waals surface area contributed by atoms with Crippen molar-refractivity contribution < 1.29 is 9.53 Å². The van der Waals surface area contributed by atoms with Crippen LogP contribution in [0.25, 0.3) is 0 Å². The van der Waals surface area contributed by atoms with Crippen LogP contribution in [-0.4, -0.2) is 18.1 Å². The Morgan fingerprint density at radius 2 is 2.17 bits per heavy atom. The Balaban J connectivity index is 2.46. The summed E-state index contributed by atoms with van der Waals surface area (Å²) in [6.07, 6.45) is 3.14. The van der Waals surface area contributed by atoms with Crippen molar-refractivity contribution in [3.63, 3.8) is 0 Å². The third-order valence-corrected chi connectivity index (χ3v) is 2.61. The van der Waals surface area contributed by atoms with Gasteiger partial charge in [-0.3, -0.25) is 4.79 Å². The SMILES string of the molecule is CC(=O)OC1CCCC(N)C1C. The highest BCUT2D eigenvalue weighted by atomic mass is 16.5. The summed E-state index contributed by atoms with van der Waals surface area (Å²) >= 11 is 0. The summed E-state index contributed by atoms with van der Waals surface area (Å²) in [5.74, 6) is 0.114. The predicted molar refractivity (Wildman–Crippen MR) is 46.5 cm³/mol. The third-order valence-electron chi connectivity index (χ3n) is 2.61. The van der Waals surface area contributed by atoms with Crippen LogP contribution >= 0.6 is 0 Å². The molecule has 1 aliphatic rings. The molecule has 1 rings (SSSR count). The van der Waals surface area contributed by atoms with E-state index in [1.165, 1.54) is 6.92 Å². The van der Waals surface area contributed by atoms with Gasteiger partial charge in [0.2, 0.25) is 0 Å². The smallest absolute Gasteiger partial charge is 0.302 e. The van der Waals surface area contributed by atoms with Crippen molar-refractivity contribution in [2.45, 2.75) is 45.3 Å². The summed E-state index contributed by atoms with van der Waals surface area (Å²) in [7, 11) is 0. The van der Waals surface area contributed by atoms with Crippen molar-refractivity contribution in [1.29, 1.82) is 0 Å². The van der Waals surface area contributed by atoms with E-state index in [0.717, 1.165) is 19.3 Å². The predicted octanol–water partition coefficient (Wildman–Crippen LogP) is 1.07. The van der Waals surface area contributed by atoms with E-state index in [9.17, 15) is 4.79 Å². The lowest BCUT2D eigenvalue weighted by atomic mass is 9.84. The van der Waals surface area contributed by atoms with Crippen LogP contribution in [0.15, 0.2) is 0 Å². The summed E-state index contributed by atoms with van der Waals surface area (Å²) in [4.78, 5) is 10.7. The highest BCUT2D eigenvalue weighted by Gasteiger charge is 2.29. The van der Waals surface area contributed by atoms with Gasteiger partial charge in [-0.1, -0.05) is 6.92 Å². The average molecular weight is 171 g/mol. The van der Waals surface area contributed by atoms with Crippen LogP contribution in [0.3, 0.4) is 0 Å². The molecule has 0 heterocycles. The molecule has 3 heteroatoms. The maximum atomic E-state index is 10.7. The Bertz CT molecular complexity index is 170. The zero-order valence-corrected chi connectivity index (χ0v) is 7.75. The molecule has 2 N–H and O–H groups in total. The number of hydrogen-bond acceptors (Lipinski definition) is 3. The molecule has 0 radical (unpaired) electrons. The molecule has 3 atom stereocenters. The summed E-state index contributed by atoms with van der Waals surface area (Å²) in [6.45, 7) is 3.50. The molecular formula is C9H17NO2. The van der Waals surface area contributed by atoms with Gasteiger partial charge in [0.05, 0.1) is 0 Å². The number of nitrogens with two attached hydrogens (primary N) is 1. The largest absolute Gasteiger partial charge is 0.462 e. The van der Waals surface area contributed by atoms with Crippen LogP contribution in [0, 0.1) is 5.92 Å². The van der Waals surface area contributed by atoms with Gasteiger partial charge in [-0.15, -0.1) is 0 Å². The van der Waals surface area contributed by atoms with Crippen molar-refractivity contribution in [1.82, 2.24) is 0 Å². The first-order valence-corrected chi connectivity index (χ1v) is 4.54. The second-order valence-corrected chi connectivity index (χ2v) is 3.60. The van der Waals surface area contributed by atoms with E-state index in [4.69, 9.17) is 10.5 Å². The van der Waals surface area contributed by atoms with Gasteiger partial charge in [0.1, 0.15) is 6.10 Å². The Kier molecular flexibility index (Phi) is 3.09. The summed E-state index contributed by atoms with van der Waals surface area (Å²) < 4.78 is 5.15. The van der Waals surface area contributed by atoms with E-state index in [1.807, 2.05) is 0 Å². The van der Waals surface area contributed by atoms with Crippen LogP contribution in [0.5, 0.6) is 0 Å². The molecule has 0 aromatic carbocycles. The van der Waals surface area contributed by atoms with Crippen LogP contribution in [-0.2, 0) is 9.53 Å². The van der Waals surface area contributed by atoms with Crippen LogP contribution in [0.2, 0.25) is 0 Å². The normalized spacial score (nSPS) is 36.1. The fourth-order valence-electron chi connectivity index (χ4n) is 1.74. The summed E-state index contributed by atoms with van der Waals surface area (Å²) in [5.41, 5.74) is 5.85. The van der Waals surface area contributed by atoms with E-state index in [2.05, 4.69) is 6.92 Å². The second-order valence-electron chi connectivity index (χ2n) is 3.60. The third kappa shape index (κ3) is 2.21. The Morgan fingerprint density at radius 3 is 2.75 bits per heavy atom. The number of carbonyl (C=O) groups excluding carboxylic acids is 1. The monoisotopic (exact) mass is 171 g/mol. The first-order valence-electron chi connectivity index (χ1n) is 4.54. The van der Waals surface area contributed by atoms with Crippen molar-refractivity contribution >= 4 is 5.97 Å². The van der Waals surface area contributed by atoms with Crippen molar-refractivity contribution in [3.05, 3.63) is 0 Å². The molecule has 0 amide bonds. The van der Waals surface area contributed by atoms with Gasteiger partial charge in [0.15, 0.2) is 0 Å². The van der Waals surface area contributed by atoms with Gasteiger partial charge < -0.3 is 10.5 Å². The van der Waals surface area contributed by atoms with Gasteiger partial charge in [0.25, 0.3) is 0 Å². The van der Waals surface area contributed by atoms with Gasteiger partial charge in [0, 0.05) is 18.9 Å². The number of ether oxygens (including phenoxy) is 1. The van der Waals surface area contributed by atoms with Crippen LogP contribution in [0.4, 0.5) is 0 Å². The average Bonchev–Trinajstić information content (AvgIpc) is 1.98. The fourth-order valence-corrected chi connectivity index (χ4v) is 1.74. The molecular weight excluding hydrogens is 154 g/mol. The molecule has 0 spiro atoms. The molecule has 1 fully saturated rings. The van der Waals surface area contributed by atoms with Crippen LogP contribution in [0.1, 0.15) is 33.1 Å². The van der Waals surface area contributed by atoms with E-state index in [0.29, 0.717) is 5.92 Å².